The zero-order chi connectivity index (χ0) is 28.9. The summed E-state index contributed by atoms with van der Waals surface area (Å²) in [5.74, 6) is 1.91. The number of nitrogens with zero attached hydrogens (tertiary/aromatic N) is 5. The molecule has 2 atom stereocenters. The second-order valence-corrected chi connectivity index (χ2v) is 18.0. The number of carboxylic acid groups (broad SMARTS) is 1. The van der Waals surface area contributed by atoms with Gasteiger partial charge in [-0.15, -0.1) is 0 Å². The van der Waals surface area contributed by atoms with Crippen LogP contribution in [0.5, 0.6) is 5.75 Å². The van der Waals surface area contributed by atoms with Crippen molar-refractivity contribution in [2.24, 2.45) is 7.05 Å². The fourth-order valence-corrected chi connectivity index (χ4v) is 6.84. The molecule has 0 saturated heterocycles. The third-order valence-corrected chi connectivity index (χ3v) is 9.94. The Morgan fingerprint density at radius 2 is 1.95 bits per heavy atom. The van der Waals surface area contributed by atoms with Gasteiger partial charge in [-0.05, 0) is 49.6 Å². The summed E-state index contributed by atoms with van der Waals surface area (Å²) in [6.45, 7) is 8.16. The van der Waals surface area contributed by atoms with Crippen molar-refractivity contribution >= 4 is 41.8 Å². The molecule has 0 aliphatic heterocycles. The van der Waals surface area contributed by atoms with Gasteiger partial charge in [-0.1, -0.05) is 19.6 Å². The number of fused-ring (bicyclic) bond motifs is 4. The highest BCUT2D eigenvalue weighted by Crippen LogP contribution is 2.38. The first-order valence-corrected chi connectivity index (χ1v) is 17.9. The molecule has 0 unspecified atom stereocenters. The first-order chi connectivity index (χ1) is 19.6. The molecule has 10 nitrogen and oxygen atoms in total. The van der Waals surface area contributed by atoms with E-state index in [0.29, 0.717) is 13.3 Å². The van der Waals surface area contributed by atoms with E-state index in [1.54, 1.807) is 7.11 Å². The van der Waals surface area contributed by atoms with Gasteiger partial charge < -0.3 is 24.5 Å². The lowest BCUT2D eigenvalue weighted by Crippen LogP contribution is -2.31. The summed E-state index contributed by atoms with van der Waals surface area (Å²) >= 11 is 0. The lowest BCUT2D eigenvalue weighted by molar-refractivity contribution is 0.0909. The predicted molar refractivity (Wildman–Crippen MR) is 163 cm³/mol. The average molecular weight is 575 g/mol. The first-order valence-electron chi connectivity index (χ1n) is 14.2. The quantitative estimate of drug-likeness (QED) is 0.164. The minimum Gasteiger partial charge on any atom is -0.497 e. The van der Waals surface area contributed by atoms with Crippen molar-refractivity contribution in [3.8, 4) is 17.0 Å². The molecule has 1 aromatic carbocycles. The molecule has 1 aliphatic rings. The van der Waals surface area contributed by atoms with Gasteiger partial charge >= 0.3 is 6.09 Å². The Morgan fingerprint density at radius 3 is 2.71 bits per heavy atom. The maximum absolute atomic E-state index is 11.2. The molecule has 1 saturated carbocycles. The molecule has 11 heteroatoms. The summed E-state index contributed by atoms with van der Waals surface area (Å²) in [4.78, 5) is 21.0. The van der Waals surface area contributed by atoms with Gasteiger partial charge in [-0.25, -0.2) is 14.8 Å². The van der Waals surface area contributed by atoms with E-state index in [1.165, 1.54) is 0 Å². The normalized spacial score (nSPS) is 17.7. The fraction of sp³-hybridized carbons (Fsp3) is 0.433. The predicted octanol–water partition coefficient (Wildman–Crippen LogP) is 6.07. The van der Waals surface area contributed by atoms with Crippen LogP contribution in [0.3, 0.4) is 0 Å². The summed E-state index contributed by atoms with van der Waals surface area (Å²) in [6.07, 6.45) is 7.32. The molecule has 4 heterocycles. The van der Waals surface area contributed by atoms with E-state index >= 15 is 0 Å². The van der Waals surface area contributed by atoms with Crippen LogP contribution in [0.2, 0.25) is 25.7 Å². The lowest BCUT2D eigenvalue weighted by atomic mass is 10.1. The lowest BCUT2D eigenvalue weighted by Gasteiger charge is -2.16. The van der Waals surface area contributed by atoms with Gasteiger partial charge in [-0.2, -0.15) is 0 Å². The van der Waals surface area contributed by atoms with Crippen LogP contribution < -0.4 is 10.1 Å². The number of aryl methyl sites for hydroxylation is 1. The van der Waals surface area contributed by atoms with Crippen molar-refractivity contribution in [2.45, 2.75) is 63.6 Å². The number of aromatic nitrogens is 5. The van der Waals surface area contributed by atoms with E-state index in [-0.39, 0.29) is 12.0 Å². The van der Waals surface area contributed by atoms with Crippen LogP contribution in [-0.4, -0.2) is 62.5 Å². The second kappa shape index (κ2) is 10.5. The van der Waals surface area contributed by atoms with Gasteiger partial charge in [0.1, 0.15) is 18.3 Å². The third kappa shape index (κ3) is 5.19. The molecule has 1 fully saturated rings. The van der Waals surface area contributed by atoms with E-state index in [9.17, 15) is 9.90 Å². The van der Waals surface area contributed by atoms with E-state index < -0.39 is 14.2 Å². The minimum atomic E-state index is -1.24. The van der Waals surface area contributed by atoms with Gasteiger partial charge in [-0.3, -0.25) is 8.97 Å². The van der Waals surface area contributed by atoms with E-state index in [4.69, 9.17) is 19.4 Å². The summed E-state index contributed by atoms with van der Waals surface area (Å²) in [5.41, 5.74) is 5.93. The van der Waals surface area contributed by atoms with Gasteiger partial charge in [0.25, 0.3) is 0 Å². The molecular formula is C30H38N6O4Si. The number of amides is 1. The van der Waals surface area contributed by atoms with Gasteiger partial charge in [0.15, 0.2) is 5.65 Å². The minimum absolute atomic E-state index is 0.0623. The summed E-state index contributed by atoms with van der Waals surface area (Å²) in [7, 11) is 2.50. The topological polar surface area (TPSA) is 108 Å². The Bertz CT molecular complexity index is 1750. The second-order valence-electron chi connectivity index (χ2n) is 12.3. The molecule has 1 amide bonds. The highest BCUT2D eigenvalue weighted by Gasteiger charge is 2.31. The van der Waals surface area contributed by atoms with Crippen molar-refractivity contribution in [2.75, 3.05) is 13.7 Å². The molecular weight excluding hydrogens is 536 g/mol. The van der Waals surface area contributed by atoms with Crippen LogP contribution >= 0.6 is 0 Å². The number of benzene rings is 1. The van der Waals surface area contributed by atoms with Crippen LogP contribution in [0.25, 0.3) is 38.8 Å². The third-order valence-electron chi connectivity index (χ3n) is 8.24. The van der Waals surface area contributed by atoms with Crippen molar-refractivity contribution in [1.82, 2.24) is 28.8 Å². The number of imidazole rings is 1. The van der Waals surface area contributed by atoms with E-state index in [2.05, 4.69) is 69.9 Å². The van der Waals surface area contributed by atoms with Gasteiger partial charge in [0.2, 0.25) is 0 Å². The summed E-state index contributed by atoms with van der Waals surface area (Å²) in [5, 5.41) is 13.0. The van der Waals surface area contributed by atoms with Crippen LogP contribution in [0.4, 0.5) is 4.79 Å². The molecule has 4 aromatic heterocycles. The standard InChI is InChI=1S/C30H38N6O4Si/c1-34-17-24(23-13-22(39-2)8-9-25(23)34)26-14-27-29(35(26)18-40-10-11-41(3,4)5)32-16-21-15-31-28(36(21)27)19-6-7-20(12-19)33-30(37)38/h8-9,13-17,19-20,33H,6-7,10-12,18H2,1-5H3,(H,37,38)/t19-,20+/m1/s1. The number of methoxy groups -OCH3 is 1. The zero-order valence-electron chi connectivity index (χ0n) is 24.3. The van der Waals surface area contributed by atoms with E-state index in [0.717, 1.165) is 75.7 Å². The Morgan fingerprint density at radius 1 is 1.15 bits per heavy atom. The van der Waals surface area contributed by atoms with Crippen molar-refractivity contribution in [3.63, 3.8) is 0 Å². The molecule has 2 N–H and O–H groups in total. The largest absolute Gasteiger partial charge is 0.497 e. The van der Waals surface area contributed by atoms with Crippen molar-refractivity contribution in [1.29, 1.82) is 0 Å². The SMILES string of the molecule is COc1ccc2c(c1)c(-c1cc3c(ncc4cnc([C@@H]5CC[C@H](NC(=O)O)C5)n43)n1COCC[Si](C)(C)C)cn2C. The molecule has 41 heavy (non-hydrogen) atoms. The van der Waals surface area contributed by atoms with Crippen LogP contribution in [0, 0.1) is 0 Å². The highest BCUT2D eigenvalue weighted by atomic mass is 28.3. The number of ether oxygens (including phenoxy) is 2. The highest BCUT2D eigenvalue weighted by molar-refractivity contribution is 6.76. The van der Waals surface area contributed by atoms with Crippen LogP contribution in [0.1, 0.15) is 31.0 Å². The fourth-order valence-electron chi connectivity index (χ4n) is 6.09. The molecule has 5 aromatic rings. The van der Waals surface area contributed by atoms with Gasteiger partial charge in [0.05, 0.1) is 36.2 Å². The molecule has 6 rings (SSSR count). The summed E-state index contributed by atoms with van der Waals surface area (Å²) < 4.78 is 18.4. The van der Waals surface area contributed by atoms with Crippen LogP contribution in [0.15, 0.2) is 42.9 Å². The van der Waals surface area contributed by atoms with Crippen LogP contribution in [-0.2, 0) is 18.5 Å². The number of carbonyl (C=O) groups is 1. The molecule has 0 spiro atoms. The Labute approximate surface area is 239 Å². The Kier molecular flexibility index (Phi) is 7.02. The smallest absolute Gasteiger partial charge is 0.404 e. The summed E-state index contributed by atoms with van der Waals surface area (Å²) in [6, 6.07) is 9.37. The number of nitrogens with one attached hydrogen (secondary N) is 1. The average Bonchev–Trinajstić information content (AvgIpc) is 3.69. The number of hydrogen-bond donors (Lipinski definition) is 2. The number of rotatable bonds is 9. The maximum Gasteiger partial charge on any atom is 0.404 e. The maximum atomic E-state index is 11.2. The molecule has 1 aliphatic carbocycles. The molecule has 216 valence electrons. The molecule has 0 radical (unpaired) electrons. The Hall–Kier alpha value is -3.83. The van der Waals surface area contributed by atoms with Gasteiger partial charge in [0, 0.05) is 56.4 Å². The van der Waals surface area contributed by atoms with E-state index in [1.807, 2.05) is 18.5 Å². The van der Waals surface area contributed by atoms with Crippen molar-refractivity contribution in [3.05, 3.63) is 48.7 Å². The zero-order valence-corrected chi connectivity index (χ0v) is 25.3. The molecule has 0 bridgehead atoms. The Balaban J connectivity index is 1.49. The number of hydrogen-bond acceptors (Lipinski definition) is 5. The first kappa shape index (κ1) is 27.3. The monoisotopic (exact) mass is 574 g/mol. The van der Waals surface area contributed by atoms with Crippen molar-refractivity contribution < 1.29 is 19.4 Å².